The number of aryl methyl sites for hydroxylation is 2. The molecule has 20 heavy (non-hydrogen) atoms. The molecule has 0 unspecified atom stereocenters. The lowest BCUT2D eigenvalue weighted by Gasteiger charge is -2.06. The minimum Gasteiger partial charge on any atom is -0.497 e. The Hall–Kier alpha value is -1.44. The first-order valence-corrected chi connectivity index (χ1v) is 8.29. The van der Waals surface area contributed by atoms with E-state index >= 15 is 0 Å². The number of methoxy groups -OCH3 is 1. The van der Waals surface area contributed by atoms with Gasteiger partial charge in [-0.2, -0.15) is 0 Å². The molecule has 0 saturated carbocycles. The second kappa shape index (κ2) is 5.90. The molecule has 0 aliphatic carbocycles. The molecule has 0 aliphatic rings. The van der Waals surface area contributed by atoms with E-state index in [-0.39, 0.29) is 11.4 Å². The van der Waals surface area contributed by atoms with Crippen LogP contribution in [0.3, 0.4) is 0 Å². The van der Waals surface area contributed by atoms with Crippen molar-refractivity contribution in [3.63, 3.8) is 0 Å². The van der Waals surface area contributed by atoms with Gasteiger partial charge in [-0.05, 0) is 38.1 Å². The number of nitrogens with one attached hydrogen (secondary N) is 1. The molecule has 0 bridgehead atoms. The van der Waals surface area contributed by atoms with Crippen molar-refractivity contribution in [2.24, 2.45) is 0 Å². The zero-order valence-electron chi connectivity index (χ0n) is 11.5. The second-order valence-corrected chi connectivity index (χ2v) is 7.30. The van der Waals surface area contributed by atoms with Gasteiger partial charge in [0.15, 0.2) is 0 Å². The first-order valence-electron chi connectivity index (χ1n) is 5.99. The predicted molar refractivity (Wildman–Crippen MR) is 78.6 cm³/mol. The maximum Gasteiger partial charge on any atom is 0.240 e. The Morgan fingerprint density at radius 2 is 1.90 bits per heavy atom. The summed E-state index contributed by atoms with van der Waals surface area (Å²) in [6.07, 6.45) is 0. The number of benzene rings is 1. The molecule has 5 nitrogen and oxygen atoms in total. The van der Waals surface area contributed by atoms with E-state index in [1.165, 1.54) is 30.6 Å². The van der Waals surface area contributed by atoms with E-state index in [2.05, 4.69) is 9.71 Å². The molecule has 0 aliphatic heterocycles. The molecule has 0 spiro atoms. The summed E-state index contributed by atoms with van der Waals surface area (Å²) in [5, 5.41) is 0.761. The van der Waals surface area contributed by atoms with Crippen molar-refractivity contribution in [3.05, 3.63) is 39.8 Å². The zero-order valence-corrected chi connectivity index (χ0v) is 13.1. The topological polar surface area (TPSA) is 68.3 Å². The van der Waals surface area contributed by atoms with Gasteiger partial charge in [0.2, 0.25) is 10.0 Å². The number of ether oxygens (including phenoxy) is 1. The molecule has 1 heterocycles. The molecule has 108 valence electrons. The lowest BCUT2D eigenvalue weighted by atomic mass is 10.3. The Balaban J connectivity index is 2.10. The number of rotatable bonds is 5. The van der Waals surface area contributed by atoms with Crippen molar-refractivity contribution in [1.82, 2.24) is 9.71 Å². The average Bonchev–Trinajstić information content (AvgIpc) is 2.76. The van der Waals surface area contributed by atoms with Gasteiger partial charge in [-0.1, -0.05) is 0 Å². The molecular weight excluding hydrogens is 296 g/mol. The fraction of sp³-hybridized carbons (Fsp3) is 0.308. The summed E-state index contributed by atoms with van der Waals surface area (Å²) >= 11 is 1.50. The van der Waals surface area contributed by atoms with Gasteiger partial charge in [0.05, 0.1) is 24.2 Å². The van der Waals surface area contributed by atoms with Crippen LogP contribution < -0.4 is 9.46 Å². The number of thiazole rings is 1. The molecule has 7 heteroatoms. The third-order valence-corrected chi connectivity index (χ3v) is 5.35. The van der Waals surface area contributed by atoms with Crippen LogP contribution in [-0.4, -0.2) is 20.5 Å². The minimum absolute atomic E-state index is 0.202. The van der Waals surface area contributed by atoms with E-state index in [1.54, 1.807) is 12.1 Å². The largest absolute Gasteiger partial charge is 0.497 e. The predicted octanol–water partition coefficient (Wildman–Crippen LogP) is 2.25. The third-order valence-electron chi connectivity index (χ3n) is 2.86. The van der Waals surface area contributed by atoms with E-state index in [1.807, 2.05) is 13.8 Å². The van der Waals surface area contributed by atoms with Crippen LogP contribution in [0.25, 0.3) is 0 Å². The molecule has 0 fully saturated rings. The zero-order chi connectivity index (χ0) is 14.8. The van der Waals surface area contributed by atoms with E-state index < -0.39 is 10.0 Å². The normalized spacial score (nSPS) is 11.6. The van der Waals surface area contributed by atoms with Gasteiger partial charge in [0.25, 0.3) is 0 Å². The summed E-state index contributed by atoms with van der Waals surface area (Å²) < 4.78 is 31.8. The molecular formula is C13H16N2O3S2. The van der Waals surface area contributed by atoms with Crippen LogP contribution in [0.2, 0.25) is 0 Å². The van der Waals surface area contributed by atoms with Crippen LogP contribution in [0.1, 0.15) is 15.6 Å². The number of hydrogen-bond acceptors (Lipinski definition) is 5. The van der Waals surface area contributed by atoms with E-state index in [9.17, 15) is 8.42 Å². The molecule has 2 aromatic rings. The van der Waals surface area contributed by atoms with Crippen molar-refractivity contribution < 1.29 is 13.2 Å². The molecule has 1 N–H and O–H groups in total. The second-order valence-electron chi connectivity index (χ2n) is 4.25. The summed E-state index contributed by atoms with van der Waals surface area (Å²) in [6.45, 7) is 4.08. The van der Waals surface area contributed by atoms with Gasteiger partial charge in [-0.25, -0.2) is 18.1 Å². The summed E-state index contributed by atoms with van der Waals surface area (Å²) in [5.74, 6) is 0.620. The van der Waals surface area contributed by atoms with Gasteiger partial charge >= 0.3 is 0 Å². The summed E-state index contributed by atoms with van der Waals surface area (Å²) in [7, 11) is -1.99. The van der Waals surface area contributed by atoms with Gasteiger partial charge in [0.1, 0.15) is 10.8 Å². The Labute approximate surface area is 122 Å². The maximum atomic E-state index is 12.1. The smallest absolute Gasteiger partial charge is 0.240 e. The van der Waals surface area contributed by atoms with Crippen molar-refractivity contribution in [2.75, 3.05) is 7.11 Å². The van der Waals surface area contributed by atoms with Crippen molar-refractivity contribution in [2.45, 2.75) is 25.3 Å². The maximum absolute atomic E-state index is 12.1. The van der Waals surface area contributed by atoms with E-state index in [0.717, 1.165) is 15.6 Å². The molecule has 0 saturated heterocycles. The summed E-state index contributed by atoms with van der Waals surface area (Å²) in [5.41, 5.74) is 0.939. The van der Waals surface area contributed by atoms with Crippen LogP contribution in [0.4, 0.5) is 0 Å². The van der Waals surface area contributed by atoms with Crippen LogP contribution in [0, 0.1) is 13.8 Å². The standard InChI is InChI=1S/C13H16N2O3S2/c1-9-10(2)19-13(15-9)8-14-20(16,17)12-6-4-11(18-3)5-7-12/h4-7,14H,8H2,1-3H3. The first kappa shape index (κ1) is 15.0. The van der Waals surface area contributed by atoms with Gasteiger partial charge < -0.3 is 4.74 Å². The Morgan fingerprint density at radius 3 is 2.40 bits per heavy atom. The molecule has 0 amide bonds. The highest BCUT2D eigenvalue weighted by Gasteiger charge is 2.15. The monoisotopic (exact) mass is 312 g/mol. The van der Waals surface area contributed by atoms with Crippen LogP contribution in [0.5, 0.6) is 5.75 Å². The molecule has 1 aromatic carbocycles. The number of aromatic nitrogens is 1. The van der Waals surface area contributed by atoms with Gasteiger partial charge in [-0.3, -0.25) is 0 Å². The van der Waals surface area contributed by atoms with Gasteiger partial charge in [0, 0.05) is 4.88 Å². The average molecular weight is 312 g/mol. The Morgan fingerprint density at radius 1 is 1.25 bits per heavy atom. The van der Waals surface area contributed by atoms with Gasteiger partial charge in [-0.15, -0.1) is 11.3 Å². The Bertz CT molecular complexity index is 671. The van der Waals surface area contributed by atoms with Crippen LogP contribution >= 0.6 is 11.3 Å². The van der Waals surface area contributed by atoms with E-state index in [4.69, 9.17) is 4.74 Å². The lowest BCUT2D eigenvalue weighted by molar-refractivity contribution is 0.414. The van der Waals surface area contributed by atoms with Crippen molar-refractivity contribution in [3.8, 4) is 5.75 Å². The molecule has 0 radical (unpaired) electrons. The molecule has 1 aromatic heterocycles. The van der Waals surface area contributed by atoms with Crippen LogP contribution in [-0.2, 0) is 16.6 Å². The fourth-order valence-electron chi connectivity index (χ4n) is 1.61. The van der Waals surface area contributed by atoms with Crippen molar-refractivity contribution >= 4 is 21.4 Å². The van der Waals surface area contributed by atoms with Crippen molar-refractivity contribution in [1.29, 1.82) is 0 Å². The number of sulfonamides is 1. The number of hydrogen-bond donors (Lipinski definition) is 1. The highest BCUT2D eigenvalue weighted by Crippen LogP contribution is 2.18. The van der Waals surface area contributed by atoms with Crippen LogP contribution in [0.15, 0.2) is 29.2 Å². The summed E-state index contributed by atoms with van der Waals surface area (Å²) in [6, 6.07) is 6.26. The number of nitrogens with zero attached hydrogens (tertiary/aromatic N) is 1. The SMILES string of the molecule is COc1ccc(S(=O)(=O)NCc2nc(C)c(C)s2)cc1. The lowest BCUT2D eigenvalue weighted by Crippen LogP contribution is -2.23. The first-order chi connectivity index (χ1) is 9.42. The molecule has 0 atom stereocenters. The Kier molecular flexibility index (Phi) is 4.42. The third kappa shape index (κ3) is 3.36. The fourth-order valence-corrected chi connectivity index (χ4v) is 3.56. The quantitative estimate of drug-likeness (QED) is 0.919. The van der Waals surface area contributed by atoms with E-state index in [0.29, 0.717) is 5.75 Å². The molecule has 2 rings (SSSR count). The highest BCUT2D eigenvalue weighted by atomic mass is 32.2. The highest BCUT2D eigenvalue weighted by molar-refractivity contribution is 7.89. The minimum atomic E-state index is -3.53. The summed E-state index contributed by atoms with van der Waals surface area (Å²) in [4.78, 5) is 5.62.